The van der Waals surface area contributed by atoms with Crippen molar-refractivity contribution in [1.82, 2.24) is 0 Å². The molecule has 3 heteroatoms. The van der Waals surface area contributed by atoms with E-state index in [1.165, 1.54) is 0 Å². The number of hydrogen-bond acceptors (Lipinski definition) is 3. The van der Waals surface area contributed by atoms with Gasteiger partial charge in [-0.1, -0.05) is 13.8 Å². The van der Waals surface area contributed by atoms with Gasteiger partial charge in [0.2, 0.25) is 0 Å². The highest BCUT2D eigenvalue weighted by molar-refractivity contribution is 5.75. The van der Waals surface area contributed by atoms with E-state index in [2.05, 4.69) is 4.74 Å². The molecular weight excluding hydrogens is 178 g/mol. The Bertz CT molecular complexity index is 219. The molecule has 0 saturated heterocycles. The van der Waals surface area contributed by atoms with Crippen LogP contribution in [0.25, 0.3) is 0 Å². The molecule has 80 valence electrons. The van der Waals surface area contributed by atoms with Gasteiger partial charge < -0.3 is 10.5 Å². The Morgan fingerprint density at radius 1 is 1.14 bits per heavy atom. The summed E-state index contributed by atoms with van der Waals surface area (Å²) in [6.07, 6.45) is 0.791. The third kappa shape index (κ3) is 8.74. The second kappa shape index (κ2) is 11.6. The number of aldehydes is 1. The standard InChI is InChI=1S/C7H7NO.C2H6O.C2H6/c8-7-3-1-6(5-9)2-4-7;1-3-2;1-2/h1-5H,8H2;1-2H3;1-2H3. The average molecular weight is 197 g/mol. The number of nitrogens with two attached hydrogens (primary N) is 1. The summed E-state index contributed by atoms with van der Waals surface area (Å²) in [5.41, 5.74) is 6.70. The Balaban J connectivity index is 0. The van der Waals surface area contributed by atoms with Crippen LogP contribution >= 0.6 is 0 Å². The van der Waals surface area contributed by atoms with Crippen LogP contribution in [-0.2, 0) is 4.74 Å². The summed E-state index contributed by atoms with van der Waals surface area (Å²) in [6, 6.07) is 6.76. The predicted molar refractivity (Wildman–Crippen MR) is 60.5 cm³/mol. The first-order chi connectivity index (χ1) is 6.74. The van der Waals surface area contributed by atoms with Gasteiger partial charge in [0.05, 0.1) is 0 Å². The van der Waals surface area contributed by atoms with Crippen molar-refractivity contribution in [2.24, 2.45) is 0 Å². The molecule has 0 aliphatic carbocycles. The van der Waals surface area contributed by atoms with Gasteiger partial charge in [0, 0.05) is 25.5 Å². The van der Waals surface area contributed by atoms with Crippen LogP contribution in [0.15, 0.2) is 24.3 Å². The monoisotopic (exact) mass is 197 g/mol. The molecule has 14 heavy (non-hydrogen) atoms. The molecule has 1 rings (SSSR count). The van der Waals surface area contributed by atoms with Gasteiger partial charge in [0.1, 0.15) is 6.29 Å². The Labute approximate surface area is 85.9 Å². The summed E-state index contributed by atoms with van der Waals surface area (Å²) in [7, 11) is 3.25. The van der Waals surface area contributed by atoms with Crippen molar-refractivity contribution < 1.29 is 9.53 Å². The van der Waals surface area contributed by atoms with E-state index >= 15 is 0 Å². The van der Waals surface area contributed by atoms with E-state index < -0.39 is 0 Å². The third-order valence-corrected chi connectivity index (χ3v) is 1.07. The maximum Gasteiger partial charge on any atom is 0.150 e. The molecule has 1 aromatic rings. The molecule has 3 nitrogen and oxygen atoms in total. The van der Waals surface area contributed by atoms with Crippen molar-refractivity contribution in [3.8, 4) is 0 Å². The molecule has 0 unspecified atom stereocenters. The maximum atomic E-state index is 10.1. The second-order valence-corrected chi connectivity index (χ2v) is 2.19. The lowest BCUT2D eigenvalue weighted by Crippen LogP contribution is -1.84. The van der Waals surface area contributed by atoms with Crippen molar-refractivity contribution >= 4 is 12.0 Å². The van der Waals surface area contributed by atoms with Crippen LogP contribution in [-0.4, -0.2) is 20.5 Å². The molecule has 0 aliphatic heterocycles. The van der Waals surface area contributed by atoms with Crippen molar-refractivity contribution in [2.45, 2.75) is 13.8 Å². The van der Waals surface area contributed by atoms with Crippen LogP contribution in [0.4, 0.5) is 5.69 Å². The summed E-state index contributed by atoms with van der Waals surface area (Å²) < 4.78 is 4.25. The van der Waals surface area contributed by atoms with Crippen molar-refractivity contribution in [3.05, 3.63) is 29.8 Å². The van der Waals surface area contributed by atoms with Gasteiger partial charge in [0.15, 0.2) is 0 Å². The molecule has 0 aliphatic rings. The van der Waals surface area contributed by atoms with Gasteiger partial charge in [-0.15, -0.1) is 0 Å². The summed E-state index contributed by atoms with van der Waals surface area (Å²) in [6.45, 7) is 4.00. The van der Waals surface area contributed by atoms with Crippen LogP contribution in [0.2, 0.25) is 0 Å². The van der Waals surface area contributed by atoms with Crippen LogP contribution in [0.5, 0.6) is 0 Å². The van der Waals surface area contributed by atoms with Gasteiger partial charge in [0.25, 0.3) is 0 Å². The zero-order valence-electron chi connectivity index (χ0n) is 9.28. The minimum atomic E-state index is 0.657. The van der Waals surface area contributed by atoms with E-state index in [1.54, 1.807) is 38.5 Å². The smallest absolute Gasteiger partial charge is 0.150 e. The van der Waals surface area contributed by atoms with Crippen LogP contribution < -0.4 is 5.73 Å². The predicted octanol–water partition coefficient (Wildman–Crippen LogP) is 2.37. The molecule has 0 fully saturated rings. The topological polar surface area (TPSA) is 52.3 Å². The van der Waals surface area contributed by atoms with Crippen molar-refractivity contribution in [3.63, 3.8) is 0 Å². The molecule has 0 spiro atoms. The zero-order valence-corrected chi connectivity index (χ0v) is 9.28. The summed E-state index contributed by atoms with van der Waals surface area (Å²) in [4.78, 5) is 10.1. The van der Waals surface area contributed by atoms with E-state index in [0.717, 1.165) is 6.29 Å². The third-order valence-electron chi connectivity index (χ3n) is 1.07. The Morgan fingerprint density at radius 2 is 1.50 bits per heavy atom. The fourth-order valence-corrected chi connectivity index (χ4v) is 0.575. The summed E-state index contributed by atoms with van der Waals surface area (Å²) in [5, 5.41) is 0. The minimum absolute atomic E-state index is 0.657. The van der Waals surface area contributed by atoms with E-state index in [-0.39, 0.29) is 0 Å². The van der Waals surface area contributed by atoms with Crippen molar-refractivity contribution in [2.75, 3.05) is 20.0 Å². The van der Waals surface area contributed by atoms with E-state index in [9.17, 15) is 4.79 Å². The highest BCUT2D eigenvalue weighted by atomic mass is 16.4. The zero-order chi connectivity index (χ0) is 11.4. The number of nitrogen functional groups attached to an aromatic ring is 1. The fourth-order valence-electron chi connectivity index (χ4n) is 0.575. The molecule has 0 bridgehead atoms. The van der Waals surface area contributed by atoms with Gasteiger partial charge >= 0.3 is 0 Å². The number of carbonyl (C=O) groups is 1. The van der Waals surface area contributed by atoms with Gasteiger partial charge in [-0.3, -0.25) is 4.79 Å². The number of carbonyl (C=O) groups excluding carboxylic acids is 1. The number of anilines is 1. The number of hydrogen-bond donors (Lipinski definition) is 1. The number of rotatable bonds is 1. The molecule has 2 N–H and O–H groups in total. The molecule has 0 atom stereocenters. The lowest BCUT2D eigenvalue weighted by atomic mass is 10.2. The maximum absolute atomic E-state index is 10.1. The molecule has 1 aromatic carbocycles. The summed E-state index contributed by atoms with van der Waals surface area (Å²) in [5.74, 6) is 0. The largest absolute Gasteiger partial charge is 0.399 e. The highest BCUT2D eigenvalue weighted by Crippen LogP contribution is 2.01. The number of methoxy groups -OCH3 is 1. The molecule has 0 saturated carbocycles. The Hall–Kier alpha value is -1.35. The lowest BCUT2D eigenvalue weighted by Gasteiger charge is -1.89. The number of ether oxygens (including phenoxy) is 1. The number of benzene rings is 1. The van der Waals surface area contributed by atoms with Crippen molar-refractivity contribution in [1.29, 1.82) is 0 Å². The molecular formula is C11H19NO2. The average Bonchev–Trinajstić information content (AvgIpc) is 2.23. The molecule has 0 radical (unpaired) electrons. The normalized spacial score (nSPS) is 7.43. The first-order valence-corrected chi connectivity index (χ1v) is 4.45. The molecule has 0 aromatic heterocycles. The molecule has 0 amide bonds. The van der Waals surface area contributed by atoms with Crippen LogP contribution in [0.1, 0.15) is 24.2 Å². The van der Waals surface area contributed by atoms with E-state index in [4.69, 9.17) is 5.73 Å². The summed E-state index contributed by atoms with van der Waals surface area (Å²) >= 11 is 0. The van der Waals surface area contributed by atoms with Gasteiger partial charge in [-0.2, -0.15) is 0 Å². The Kier molecular flexibility index (Phi) is 12.6. The fraction of sp³-hybridized carbons (Fsp3) is 0.364. The van der Waals surface area contributed by atoms with Gasteiger partial charge in [-0.25, -0.2) is 0 Å². The minimum Gasteiger partial charge on any atom is -0.399 e. The quantitative estimate of drug-likeness (QED) is 0.555. The Morgan fingerprint density at radius 3 is 1.79 bits per heavy atom. The van der Waals surface area contributed by atoms with E-state index in [1.807, 2.05) is 13.8 Å². The van der Waals surface area contributed by atoms with Crippen LogP contribution in [0, 0.1) is 0 Å². The SMILES string of the molecule is CC.COC.Nc1ccc(C=O)cc1. The van der Waals surface area contributed by atoms with E-state index in [0.29, 0.717) is 11.3 Å². The molecule has 0 heterocycles. The lowest BCUT2D eigenvalue weighted by molar-refractivity contribution is 0.112. The first-order valence-electron chi connectivity index (χ1n) is 4.45. The second-order valence-electron chi connectivity index (χ2n) is 2.19. The highest BCUT2D eigenvalue weighted by Gasteiger charge is 1.85. The van der Waals surface area contributed by atoms with Gasteiger partial charge in [-0.05, 0) is 24.3 Å². The first kappa shape index (κ1) is 15.1. The van der Waals surface area contributed by atoms with Crippen LogP contribution in [0.3, 0.4) is 0 Å².